The number of nitrogens with zero attached hydrogens (tertiary/aromatic N) is 1. The molecule has 1 aliphatic carbocycles. The van der Waals surface area contributed by atoms with Gasteiger partial charge in [-0.15, -0.1) is 0 Å². The zero-order valence-corrected chi connectivity index (χ0v) is 13.4. The van der Waals surface area contributed by atoms with Gasteiger partial charge in [0, 0.05) is 25.4 Å². The molecule has 4 nitrogen and oxygen atoms in total. The summed E-state index contributed by atoms with van der Waals surface area (Å²) in [5.41, 5.74) is 0. The van der Waals surface area contributed by atoms with Crippen LogP contribution < -0.4 is 5.32 Å². The molecule has 1 N–H and O–H groups in total. The molecular weight excluding hydrogens is 272 g/mol. The van der Waals surface area contributed by atoms with E-state index in [0.29, 0.717) is 25.2 Å². The lowest BCUT2D eigenvalue weighted by Gasteiger charge is -2.29. The number of hydrogen-bond acceptors (Lipinski definition) is 3. The Balaban J connectivity index is 1.58. The molecule has 116 valence electrons. The summed E-state index contributed by atoms with van der Waals surface area (Å²) in [7, 11) is 0. The van der Waals surface area contributed by atoms with E-state index in [4.69, 9.17) is 4.74 Å². The first-order valence-corrected chi connectivity index (χ1v) is 9.15. The third-order valence-electron chi connectivity index (χ3n) is 4.25. The molecule has 0 aromatic heterocycles. The molecule has 2 atom stereocenters. The van der Waals surface area contributed by atoms with Crippen molar-refractivity contribution in [1.82, 2.24) is 10.2 Å². The Morgan fingerprint density at radius 2 is 2.10 bits per heavy atom. The highest BCUT2D eigenvalue weighted by molar-refractivity contribution is 7.99. The molecule has 0 aromatic carbocycles. The van der Waals surface area contributed by atoms with Crippen LogP contribution in [0.2, 0.25) is 0 Å². The number of rotatable bonds is 4. The van der Waals surface area contributed by atoms with Crippen molar-refractivity contribution in [3.8, 4) is 0 Å². The van der Waals surface area contributed by atoms with Gasteiger partial charge in [0.15, 0.2) is 0 Å². The Bertz CT molecular complexity index is 294. The maximum Gasteiger partial charge on any atom is 0.317 e. The van der Waals surface area contributed by atoms with E-state index in [2.05, 4.69) is 12.2 Å². The molecule has 2 fully saturated rings. The summed E-state index contributed by atoms with van der Waals surface area (Å²) in [6.45, 7) is 5.31. The molecule has 2 rings (SSSR count). The van der Waals surface area contributed by atoms with Gasteiger partial charge in [0.25, 0.3) is 0 Å². The maximum absolute atomic E-state index is 12.0. The highest BCUT2D eigenvalue weighted by Gasteiger charge is 2.21. The number of nitrogens with one attached hydrogen (secondary N) is 1. The van der Waals surface area contributed by atoms with Gasteiger partial charge in [0.1, 0.15) is 0 Å². The Hall–Kier alpha value is -0.420. The van der Waals surface area contributed by atoms with Gasteiger partial charge in [0.2, 0.25) is 0 Å². The van der Waals surface area contributed by atoms with Crippen molar-refractivity contribution in [3.05, 3.63) is 0 Å². The summed E-state index contributed by atoms with van der Waals surface area (Å²) in [6.07, 6.45) is 6.59. The first-order chi connectivity index (χ1) is 9.77. The fraction of sp³-hybridized carbons (Fsp3) is 0.933. The number of urea groups is 1. The predicted octanol–water partition coefficient (Wildman–Crippen LogP) is 2.73. The molecule has 20 heavy (non-hydrogen) atoms. The highest BCUT2D eigenvalue weighted by atomic mass is 32.2. The second-order valence-corrected chi connectivity index (χ2v) is 7.08. The Morgan fingerprint density at radius 1 is 1.25 bits per heavy atom. The molecule has 0 spiro atoms. The SMILES string of the molecule is CC1CCCCC1OCCNC(=O)N1CCCSCC1. The molecule has 1 aliphatic heterocycles. The standard InChI is InChI=1S/C15H28N2O2S/c1-13-5-2-3-6-14(13)19-10-7-16-15(18)17-8-4-11-20-12-9-17/h13-14H,2-12H2,1H3,(H,16,18). The summed E-state index contributed by atoms with van der Waals surface area (Å²) in [4.78, 5) is 14.0. The number of carbonyl (C=O) groups is 1. The monoisotopic (exact) mass is 300 g/mol. The summed E-state index contributed by atoms with van der Waals surface area (Å²) in [6, 6.07) is 0.0767. The van der Waals surface area contributed by atoms with Crippen molar-refractivity contribution < 1.29 is 9.53 Å². The van der Waals surface area contributed by atoms with E-state index in [1.807, 2.05) is 16.7 Å². The number of hydrogen-bond donors (Lipinski definition) is 1. The number of amides is 2. The highest BCUT2D eigenvalue weighted by Crippen LogP contribution is 2.25. The molecule has 0 radical (unpaired) electrons. The van der Waals surface area contributed by atoms with Crippen molar-refractivity contribution in [2.45, 2.75) is 45.1 Å². The molecule has 1 saturated heterocycles. The van der Waals surface area contributed by atoms with Crippen LogP contribution in [-0.4, -0.2) is 54.8 Å². The zero-order chi connectivity index (χ0) is 14.2. The van der Waals surface area contributed by atoms with E-state index in [0.717, 1.165) is 25.3 Å². The summed E-state index contributed by atoms with van der Waals surface area (Å²) < 4.78 is 5.92. The van der Waals surface area contributed by atoms with Crippen LogP contribution >= 0.6 is 11.8 Å². The lowest BCUT2D eigenvalue weighted by atomic mass is 9.88. The van der Waals surface area contributed by atoms with Crippen molar-refractivity contribution >= 4 is 17.8 Å². The summed E-state index contributed by atoms with van der Waals surface area (Å²) in [5, 5.41) is 2.99. The van der Waals surface area contributed by atoms with Gasteiger partial charge in [-0.3, -0.25) is 0 Å². The second-order valence-electron chi connectivity index (χ2n) is 5.86. The average molecular weight is 300 g/mol. The van der Waals surface area contributed by atoms with E-state index in [1.54, 1.807) is 0 Å². The van der Waals surface area contributed by atoms with Crippen LogP contribution in [0.15, 0.2) is 0 Å². The predicted molar refractivity (Wildman–Crippen MR) is 84.3 cm³/mol. The smallest absolute Gasteiger partial charge is 0.317 e. The quantitative estimate of drug-likeness (QED) is 0.812. The molecule has 0 aromatic rings. The minimum Gasteiger partial charge on any atom is -0.376 e. The first-order valence-electron chi connectivity index (χ1n) is 7.99. The molecular formula is C15H28N2O2S. The van der Waals surface area contributed by atoms with E-state index >= 15 is 0 Å². The van der Waals surface area contributed by atoms with Crippen LogP contribution in [-0.2, 0) is 4.74 Å². The van der Waals surface area contributed by atoms with Crippen molar-refractivity contribution in [2.75, 3.05) is 37.7 Å². The van der Waals surface area contributed by atoms with E-state index in [-0.39, 0.29) is 6.03 Å². The largest absolute Gasteiger partial charge is 0.376 e. The molecule has 5 heteroatoms. The van der Waals surface area contributed by atoms with Crippen molar-refractivity contribution in [3.63, 3.8) is 0 Å². The van der Waals surface area contributed by atoms with Gasteiger partial charge < -0.3 is 15.0 Å². The first kappa shape index (κ1) is 16.0. The van der Waals surface area contributed by atoms with Crippen LogP contribution in [0.5, 0.6) is 0 Å². The third-order valence-corrected chi connectivity index (χ3v) is 5.30. The normalized spacial score (nSPS) is 27.9. The second kappa shape index (κ2) is 8.78. The van der Waals surface area contributed by atoms with Gasteiger partial charge in [-0.2, -0.15) is 11.8 Å². The zero-order valence-electron chi connectivity index (χ0n) is 12.6. The van der Waals surface area contributed by atoms with Crippen molar-refractivity contribution in [2.24, 2.45) is 5.92 Å². The molecule has 2 amide bonds. The minimum absolute atomic E-state index is 0.0767. The van der Waals surface area contributed by atoms with Gasteiger partial charge in [-0.05, 0) is 30.9 Å². The summed E-state index contributed by atoms with van der Waals surface area (Å²) >= 11 is 1.94. The van der Waals surface area contributed by atoms with Crippen LogP contribution in [0.1, 0.15) is 39.0 Å². The van der Waals surface area contributed by atoms with Gasteiger partial charge in [0.05, 0.1) is 12.7 Å². The van der Waals surface area contributed by atoms with E-state index < -0.39 is 0 Å². The molecule has 0 bridgehead atoms. The van der Waals surface area contributed by atoms with E-state index in [1.165, 1.54) is 31.4 Å². The topological polar surface area (TPSA) is 41.6 Å². The van der Waals surface area contributed by atoms with Crippen LogP contribution in [0.25, 0.3) is 0 Å². The average Bonchev–Trinajstić information content (AvgIpc) is 2.74. The Morgan fingerprint density at radius 3 is 2.95 bits per heavy atom. The van der Waals surface area contributed by atoms with Gasteiger partial charge in [-0.25, -0.2) is 4.79 Å². The van der Waals surface area contributed by atoms with Crippen LogP contribution in [0.3, 0.4) is 0 Å². The maximum atomic E-state index is 12.0. The molecule has 2 unspecified atom stereocenters. The Labute approximate surface area is 127 Å². The lowest BCUT2D eigenvalue weighted by molar-refractivity contribution is -0.00269. The van der Waals surface area contributed by atoms with Gasteiger partial charge in [-0.1, -0.05) is 19.8 Å². The van der Waals surface area contributed by atoms with E-state index in [9.17, 15) is 4.79 Å². The fourth-order valence-corrected chi connectivity index (χ4v) is 3.85. The molecule has 1 heterocycles. The fourth-order valence-electron chi connectivity index (χ4n) is 2.96. The van der Waals surface area contributed by atoms with Crippen LogP contribution in [0, 0.1) is 5.92 Å². The summed E-state index contributed by atoms with van der Waals surface area (Å²) in [5.74, 6) is 2.90. The number of thioether (sulfide) groups is 1. The number of carbonyl (C=O) groups excluding carboxylic acids is 1. The van der Waals surface area contributed by atoms with Gasteiger partial charge >= 0.3 is 6.03 Å². The third kappa shape index (κ3) is 5.17. The molecule has 1 saturated carbocycles. The molecule has 2 aliphatic rings. The van der Waals surface area contributed by atoms with Crippen LogP contribution in [0.4, 0.5) is 4.79 Å². The Kier molecular flexibility index (Phi) is 7.00. The number of ether oxygens (including phenoxy) is 1. The van der Waals surface area contributed by atoms with Crippen molar-refractivity contribution in [1.29, 1.82) is 0 Å². The lowest BCUT2D eigenvalue weighted by Crippen LogP contribution is -2.42. The minimum atomic E-state index is 0.0767.